The molecule has 0 bridgehead atoms. The van der Waals surface area contributed by atoms with Crippen LogP contribution < -0.4 is 5.32 Å². The van der Waals surface area contributed by atoms with Gasteiger partial charge in [-0.2, -0.15) is 0 Å². The fourth-order valence-corrected chi connectivity index (χ4v) is 2.94. The first-order valence-electron chi connectivity index (χ1n) is 6.14. The topological polar surface area (TPSA) is 77.5 Å². The van der Waals surface area contributed by atoms with E-state index in [0.29, 0.717) is 31.2 Å². The van der Waals surface area contributed by atoms with Gasteiger partial charge in [-0.3, -0.25) is 9.59 Å². The average Bonchev–Trinajstić information content (AvgIpc) is 2.84. The predicted molar refractivity (Wildman–Crippen MR) is 78.1 cm³/mol. The van der Waals surface area contributed by atoms with Gasteiger partial charge in [0.05, 0.1) is 31.1 Å². The number of thiazole rings is 1. The molecule has 1 amide bonds. The van der Waals surface area contributed by atoms with Gasteiger partial charge >= 0.3 is 5.97 Å². The van der Waals surface area contributed by atoms with Crippen molar-refractivity contribution in [2.45, 2.75) is 17.7 Å². The highest BCUT2D eigenvalue weighted by molar-refractivity contribution is 8.01. The number of amides is 1. The highest BCUT2D eigenvalue weighted by Gasteiger charge is 2.10. The van der Waals surface area contributed by atoms with E-state index in [1.54, 1.807) is 14.0 Å². The van der Waals surface area contributed by atoms with Gasteiger partial charge in [-0.15, -0.1) is 11.3 Å². The molecule has 0 aromatic carbocycles. The van der Waals surface area contributed by atoms with E-state index in [-0.39, 0.29) is 18.3 Å². The lowest BCUT2D eigenvalue weighted by Gasteiger charge is -2.02. The fourth-order valence-electron chi connectivity index (χ4n) is 1.27. The number of carbonyl (C=O) groups excluding carboxylic acids is 2. The molecule has 0 aliphatic heterocycles. The maximum atomic E-state index is 11.5. The molecule has 0 spiro atoms. The molecule has 20 heavy (non-hydrogen) atoms. The van der Waals surface area contributed by atoms with Gasteiger partial charge in [-0.1, -0.05) is 11.8 Å². The minimum absolute atomic E-state index is 0.0609. The lowest BCUT2D eigenvalue weighted by Crippen LogP contribution is -2.28. The average molecular weight is 318 g/mol. The lowest BCUT2D eigenvalue weighted by molar-refractivity contribution is -0.142. The summed E-state index contributed by atoms with van der Waals surface area (Å²) in [5.74, 6) is -0.0448. The standard InChI is InChI=1S/C12H18N2O4S2/c1-3-18-11(16)6-9-7-19-12(14-9)20-8-10(15)13-4-5-17-2/h7H,3-6,8H2,1-2H3,(H,13,15). The van der Waals surface area contributed by atoms with Crippen LogP contribution in [0.15, 0.2) is 9.72 Å². The normalized spacial score (nSPS) is 10.3. The minimum atomic E-state index is -0.286. The van der Waals surface area contributed by atoms with Crippen LogP contribution in [0.1, 0.15) is 12.6 Å². The molecule has 0 radical (unpaired) electrons. The van der Waals surface area contributed by atoms with Gasteiger partial charge in [-0.05, 0) is 6.92 Å². The molecule has 1 N–H and O–H groups in total. The summed E-state index contributed by atoms with van der Waals surface area (Å²) < 4.78 is 10.5. The van der Waals surface area contributed by atoms with Gasteiger partial charge in [0, 0.05) is 19.0 Å². The number of nitrogens with zero attached hydrogens (tertiary/aromatic N) is 1. The van der Waals surface area contributed by atoms with Crippen molar-refractivity contribution >= 4 is 35.0 Å². The Morgan fingerprint density at radius 3 is 3.00 bits per heavy atom. The van der Waals surface area contributed by atoms with E-state index in [2.05, 4.69) is 10.3 Å². The van der Waals surface area contributed by atoms with Crippen molar-refractivity contribution in [3.05, 3.63) is 11.1 Å². The summed E-state index contributed by atoms with van der Waals surface area (Å²) in [4.78, 5) is 27.0. The molecule has 0 aliphatic carbocycles. The van der Waals surface area contributed by atoms with Crippen molar-refractivity contribution < 1.29 is 19.1 Å². The number of methoxy groups -OCH3 is 1. The number of rotatable bonds is 9. The Labute approximate surface area is 126 Å². The Morgan fingerprint density at radius 1 is 1.50 bits per heavy atom. The first kappa shape index (κ1) is 16.9. The van der Waals surface area contributed by atoms with E-state index in [4.69, 9.17) is 9.47 Å². The SMILES string of the molecule is CCOC(=O)Cc1csc(SCC(=O)NCCOC)n1. The summed E-state index contributed by atoms with van der Waals surface area (Å²) in [7, 11) is 1.58. The van der Waals surface area contributed by atoms with Crippen LogP contribution in [0.5, 0.6) is 0 Å². The second-order valence-electron chi connectivity index (χ2n) is 3.72. The summed E-state index contributed by atoms with van der Waals surface area (Å²) >= 11 is 2.77. The highest BCUT2D eigenvalue weighted by Crippen LogP contribution is 2.22. The summed E-state index contributed by atoms with van der Waals surface area (Å²) in [6, 6.07) is 0. The van der Waals surface area contributed by atoms with Crippen LogP contribution in [0.25, 0.3) is 0 Å². The summed E-state index contributed by atoms with van der Waals surface area (Å²) in [5, 5.41) is 4.54. The Bertz CT molecular complexity index is 437. The third-order valence-electron chi connectivity index (χ3n) is 2.12. The molecule has 0 unspecified atom stereocenters. The molecule has 1 aromatic rings. The van der Waals surface area contributed by atoms with Crippen molar-refractivity contribution in [2.75, 3.05) is 32.6 Å². The number of nitrogens with one attached hydrogen (secondary N) is 1. The molecule has 0 fully saturated rings. The minimum Gasteiger partial charge on any atom is -0.466 e. The molecule has 0 atom stereocenters. The van der Waals surface area contributed by atoms with Crippen molar-refractivity contribution in [2.24, 2.45) is 0 Å². The summed E-state index contributed by atoms with van der Waals surface area (Å²) in [5.41, 5.74) is 0.677. The zero-order chi connectivity index (χ0) is 14.8. The quantitative estimate of drug-likeness (QED) is 0.417. The third kappa shape index (κ3) is 6.88. The zero-order valence-corrected chi connectivity index (χ0v) is 13.1. The Morgan fingerprint density at radius 2 is 2.30 bits per heavy atom. The predicted octanol–water partition coefficient (Wildman–Crippen LogP) is 1.10. The van der Waals surface area contributed by atoms with E-state index >= 15 is 0 Å². The van der Waals surface area contributed by atoms with Gasteiger partial charge in [0.15, 0.2) is 4.34 Å². The monoisotopic (exact) mass is 318 g/mol. The molecular weight excluding hydrogens is 300 g/mol. The highest BCUT2D eigenvalue weighted by atomic mass is 32.2. The first-order valence-corrected chi connectivity index (χ1v) is 8.00. The van der Waals surface area contributed by atoms with Crippen LogP contribution in [-0.2, 0) is 25.5 Å². The molecule has 0 saturated heterocycles. The van der Waals surface area contributed by atoms with Crippen molar-refractivity contribution in [1.29, 1.82) is 0 Å². The van der Waals surface area contributed by atoms with Crippen LogP contribution in [-0.4, -0.2) is 49.5 Å². The smallest absolute Gasteiger partial charge is 0.311 e. The molecular formula is C12H18N2O4S2. The molecule has 1 heterocycles. The molecule has 0 saturated carbocycles. The van der Waals surface area contributed by atoms with Crippen LogP contribution in [0.3, 0.4) is 0 Å². The summed E-state index contributed by atoms with van der Waals surface area (Å²) in [6.07, 6.45) is 0.172. The van der Waals surface area contributed by atoms with Gasteiger partial charge in [0.2, 0.25) is 5.91 Å². The van der Waals surface area contributed by atoms with Gasteiger partial charge in [0.25, 0.3) is 0 Å². The summed E-state index contributed by atoms with van der Waals surface area (Å²) in [6.45, 7) is 3.13. The number of aromatic nitrogens is 1. The molecule has 6 nitrogen and oxygen atoms in total. The fraction of sp³-hybridized carbons (Fsp3) is 0.583. The molecule has 1 aromatic heterocycles. The molecule has 0 aliphatic rings. The largest absolute Gasteiger partial charge is 0.466 e. The Hall–Kier alpha value is -1.12. The van der Waals surface area contributed by atoms with E-state index in [1.165, 1.54) is 23.1 Å². The van der Waals surface area contributed by atoms with Crippen LogP contribution in [0, 0.1) is 0 Å². The van der Waals surface area contributed by atoms with Gasteiger partial charge < -0.3 is 14.8 Å². The molecule has 8 heteroatoms. The van der Waals surface area contributed by atoms with E-state index in [9.17, 15) is 9.59 Å². The molecule has 112 valence electrons. The second kappa shape index (κ2) is 9.73. The van der Waals surface area contributed by atoms with Gasteiger partial charge in [0.1, 0.15) is 0 Å². The lowest BCUT2D eigenvalue weighted by atomic mass is 10.3. The number of carbonyl (C=O) groups is 2. The number of thioether (sulfide) groups is 1. The maximum absolute atomic E-state index is 11.5. The number of hydrogen-bond donors (Lipinski definition) is 1. The van der Waals surface area contributed by atoms with Gasteiger partial charge in [-0.25, -0.2) is 4.98 Å². The Balaban J connectivity index is 2.29. The maximum Gasteiger partial charge on any atom is 0.311 e. The Kier molecular flexibility index (Phi) is 8.24. The van der Waals surface area contributed by atoms with Crippen LogP contribution in [0.4, 0.5) is 0 Å². The van der Waals surface area contributed by atoms with Crippen molar-refractivity contribution in [1.82, 2.24) is 10.3 Å². The number of esters is 1. The van der Waals surface area contributed by atoms with Crippen LogP contribution >= 0.6 is 23.1 Å². The number of ether oxygens (including phenoxy) is 2. The van der Waals surface area contributed by atoms with Crippen molar-refractivity contribution in [3.8, 4) is 0 Å². The van der Waals surface area contributed by atoms with E-state index in [1.807, 2.05) is 5.38 Å². The third-order valence-corrected chi connectivity index (χ3v) is 4.19. The first-order chi connectivity index (χ1) is 9.65. The van der Waals surface area contributed by atoms with E-state index in [0.717, 1.165) is 4.34 Å². The number of hydrogen-bond acceptors (Lipinski definition) is 7. The zero-order valence-electron chi connectivity index (χ0n) is 11.5. The molecule has 1 rings (SSSR count). The van der Waals surface area contributed by atoms with Crippen LogP contribution in [0.2, 0.25) is 0 Å². The van der Waals surface area contributed by atoms with Crippen molar-refractivity contribution in [3.63, 3.8) is 0 Å². The van der Waals surface area contributed by atoms with E-state index < -0.39 is 0 Å². The second-order valence-corrected chi connectivity index (χ2v) is 5.80.